The van der Waals surface area contributed by atoms with Crippen molar-refractivity contribution in [2.24, 2.45) is 11.7 Å². The molecular formula is C23H36N4O7. The van der Waals surface area contributed by atoms with Crippen LogP contribution in [0.15, 0.2) is 24.3 Å². The van der Waals surface area contributed by atoms with E-state index in [4.69, 9.17) is 10.5 Å². The van der Waals surface area contributed by atoms with Crippen molar-refractivity contribution in [3.05, 3.63) is 29.8 Å². The number of carbonyl (C=O) groups is 3. The maximum absolute atomic E-state index is 13.0. The first-order chi connectivity index (χ1) is 15.9. The van der Waals surface area contributed by atoms with Crippen LogP contribution in [0.5, 0.6) is 5.75 Å². The van der Waals surface area contributed by atoms with Crippen LogP contribution in [0.2, 0.25) is 0 Å². The number of aliphatic hydroxyl groups excluding tert-OH is 2. The molecule has 11 heteroatoms. The Morgan fingerprint density at radius 2 is 1.79 bits per heavy atom. The molecule has 1 saturated carbocycles. The van der Waals surface area contributed by atoms with E-state index in [1.54, 1.807) is 31.3 Å². The Kier molecular flexibility index (Phi) is 9.39. The van der Waals surface area contributed by atoms with Gasteiger partial charge in [-0.2, -0.15) is 0 Å². The van der Waals surface area contributed by atoms with Crippen LogP contribution in [0.25, 0.3) is 0 Å². The highest BCUT2D eigenvalue weighted by Gasteiger charge is 2.50. The second-order valence-electron chi connectivity index (χ2n) is 9.10. The van der Waals surface area contributed by atoms with Gasteiger partial charge in [0.15, 0.2) is 0 Å². The van der Waals surface area contributed by atoms with Crippen molar-refractivity contribution in [3.8, 4) is 5.75 Å². The Morgan fingerprint density at radius 1 is 1.18 bits per heavy atom. The zero-order chi connectivity index (χ0) is 25.6. The maximum atomic E-state index is 13.0. The van der Waals surface area contributed by atoms with E-state index in [1.807, 2.05) is 13.8 Å². The van der Waals surface area contributed by atoms with Crippen LogP contribution in [0.3, 0.4) is 0 Å². The number of ether oxygens (including phenoxy) is 1. The van der Waals surface area contributed by atoms with Crippen LogP contribution >= 0.6 is 0 Å². The summed E-state index contributed by atoms with van der Waals surface area (Å²) in [6, 6.07) is 4.04. The van der Waals surface area contributed by atoms with Crippen LogP contribution in [0.1, 0.15) is 32.3 Å². The van der Waals surface area contributed by atoms with Gasteiger partial charge < -0.3 is 41.7 Å². The largest absolute Gasteiger partial charge is 0.497 e. The van der Waals surface area contributed by atoms with Crippen LogP contribution in [-0.2, 0) is 20.8 Å². The number of rotatable bonds is 10. The number of methoxy groups -OCH3 is 1. The number of hydrogen-bond acceptors (Lipinski definition) is 8. The van der Waals surface area contributed by atoms with E-state index in [-0.39, 0.29) is 18.8 Å². The van der Waals surface area contributed by atoms with Gasteiger partial charge in [-0.05, 0) is 30.7 Å². The molecule has 11 nitrogen and oxygen atoms in total. The van der Waals surface area contributed by atoms with Crippen molar-refractivity contribution in [3.63, 3.8) is 0 Å². The van der Waals surface area contributed by atoms with Crippen molar-refractivity contribution in [2.75, 3.05) is 14.2 Å². The highest BCUT2D eigenvalue weighted by Crippen LogP contribution is 2.30. The molecule has 0 spiro atoms. The molecular weight excluding hydrogens is 444 g/mol. The van der Waals surface area contributed by atoms with Crippen molar-refractivity contribution >= 4 is 17.7 Å². The van der Waals surface area contributed by atoms with E-state index in [2.05, 4.69) is 16.0 Å². The molecule has 8 N–H and O–H groups in total. The summed E-state index contributed by atoms with van der Waals surface area (Å²) in [5, 5.41) is 39.7. The normalized spacial score (nSPS) is 26.4. The Morgan fingerprint density at radius 3 is 2.29 bits per heavy atom. The Hall–Kier alpha value is -2.73. The molecule has 0 bridgehead atoms. The monoisotopic (exact) mass is 480 g/mol. The third kappa shape index (κ3) is 6.66. The SMILES string of the molecule is CNC(C(=O)NC1CC(O)(C(=O)NC(Cc2ccc(OC)cc2)C(N)=O)CC(O)C1O)C(C)C. The van der Waals surface area contributed by atoms with E-state index in [9.17, 15) is 29.7 Å². The Balaban J connectivity index is 2.14. The molecule has 1 fully saturated rings. The number of primary amides is 1. The zero-order valence-corrected chi connectivity index (χ0v) is 19.9. The van der Waals surface area contributed by atoms with Crippen LogP contribution < -0.4 is 26.4 Å². The van der Waals surface area contributed by atoms with Crippen LogP contribution in [0, 0.1) is 5.92 Å². The second kappa shape index (κ2) is 11.6. The van der Waals surface area contributed by atoms with Gasteiger partial charge in [-0.3, -0.25) is 14.4 Å². The molecule has 6 unspecified atom stereocenters. The number of nitrogens with one attached hydrogen (secondary N) is 3. The summed E-state index contributed by atoms with van der Waals surface area (Å²) in [5.74, 6) is -1.61. The lowest BCUT2D eigenvalue weighted by Gasteiger charge is -2.42. The van der Waals surface area contributed by atoms with Crippen LogP contribution in [0.4, 0.5) is 0 Å². The summed E-state index contributed by atoms with van der Waals surface area (Å²) in [6.45, 7) is 3.67. The van der Waals surface area contributed by atoms with Crippen molar-refractivity contribution in [1.29, 1.82) is 0 Å². The maximum Gasteiger partial charge on any atom is 0.252 e. The Bertz CT molecular complexity index is 863. The second-order valence-corrected chi connectivity index (χ2v) is 9.10. The Labute approximate surface area is 199 Å². The molecule has 0 aliphatic heterocycles. The molecule has 1 aromatic rings. The number of aliphatic hydroxyl groups is 3. The van der Waals surface area contributed by atoms with E-state index in [0.717, 1.165) is 0 Å². The third-order valence-electron chi connectivity index (χ3n) is 6.17. The summed E-state index contributed by atoms with van der Waals surface area (Å²) in [5.41, 5.74) is 4.03. The molecule has 0 radical (unpaired) electrons. The van der Waals surface area contributed by atoms with Crippen molar-refractivity contribution in [1.82, 2.24) is 16.0 Å². The molecule has 6 atom stereocenters. The summed E-state index contributed by atoms with van der Waals surface area (Å²) >= 11 is 0. The summed E-state index contributed by atoms with van der Waals surface area (Å²) in [4.78, 5) is 37.6. The first-order valence-corrected chi connectivity index (χ1v) is 11.2. The fourth-order valence-corrected chi connectivity index (χ4v) is 4.18. The van der Waals surface area contributed by atoms with Gasteiger partial charge in [-0.15, -0.1) is 0 Å². The lowest BCUT2D eigenvalue weighted by Crippen LogP contribution is -2.65. The molecule has 1 aromatic carbocycles. The molecule has 0 aromatic heterocycles. The summed E-state index contributed by atoms with van der Waals surface area (Å²) in [7, 11) is 3.14. The first kappa shape index (κ1) is 27.5. The van der Waals surface area contributed by atoms with E-state index < -0.39 is 60.1 Å². The number of hydrogen-bond donors (Lipinski definition) is 7. The lowest BCUT2D eigenvalue weighted by molar-refractivity contribution is -0.161. The van der Waals surface area contributed by atoms with Crippen molar-refractivity contribution < 1.29 is 34.4 Å². The quantitative estimate of drug-likeness (QED) is 0.204. The average Bonchev–Trinajstić information content (AvgIpc) is 2.77. The predicted octanol–water partition coefficient (Wildman–Crippen LogP) is -1.82. The van der Waals surface area contributed by atoms with Gasteiger partial charge in [0.1, 0.15) is 23.5 Å². The summed E-state index contributed by atoms with van der Waals surface area (Å²) < 4.78 is 5.10. The molecule has 34 heavy (non-hydrogen) atoms. The standard InChI is InChI=1S/C23H36N4O7/c1-12(2)18(25-3)21(31)26-16-10-23(33,11-17(28)19(16)29)22(32)27-15(20(24)30)9-13-5-7-14(34-4)8-6-13/h5-8,12,15-19,25,28-29,33H,9-11H2,1-4H3,(H2,24,30)(H,26,31)(H,27,32). The number of likely N-dealkylation sites (N-methyl/N-ethyl adjacent to an activating group) is 1. The molecule has 2 rings (SSSR count). The lowest BCUT2D eigenvalue weighted by atomic mass is 9.77. The topological polar surface area (TPSA) is 183 Å². The summed E-state index contributed by atoms with van der Waals surface area (Å²) in [6.07, 6.45) is -3.61. The van der Waals surface area contributed by atoms with Gasteiger partial charge in [0, 0.05) is 19.3 Å². The van der Waals surface area contributed by atoms with Gasteiger partial charge in [-0.1, -0.05) is 26.0 Å². The number of amides is 3. The molecule has 1 aliphatic carbocycles. The van der Waals surface area contributed by atoms with Gasteiger partial charge in [0.25, 0.3) is 5.91 Å². The average molecular weight is 481 g/mol. The minimum atomic E-state index is -2.14. The highest BCUT2D eigenvalue weighted by molar-refractivity contribution is 5.91. The van der Waals surface area contributed by atoms with E-state index >= 15 is 0 Å². The molecule has 190 valence electrons. The zero-order valence-electron chi connectivity index (χ0n) is 19.9. The molecule has 1 aliphatic rings. The number of carbonyl (C=O) groups excluding carboxylic acids is 3. The van der Waals surface area contributed by atoms with Gasteiger partial charge >= 0.3 is 0 Å². The fourth-order valence-electron chi connectivity index (χ4n) is 4.18. The van der Waals surface area contributed by atoms with Crippen molar-refractivity contribution in [2.45, 2.75) is 69.0 Å². The molecule has 0 saturated heterocycles. The van der Waals surface area contributed by atoms with Gasteiger partial charge in [0.2, 0.25) is 11.8 Å². The predicted molar refractivity (Wildman–Crippen MR) is 124 cm³/mol. The third-order valence-corrected chi connectivity index (χ3v) is 6.17. The van der Waals surface area contributed by atoms with Gasteiger partial charge in [-0.25, -0.2) is 0 Å². The molecule has 0 heterocycles. The minimum Gasteiger partial charge on any atom is -0.497 e. The number of benzene rings is 1. The highest BCUT2D eigenvalue weighted by atomic mass is 16.5. The first-order valence-electron chi connectivity index (χ1n) is 11.2. The fraction of sp³-hybridized carbons (Fsp3) is 0.609. The smallest absolute Gasteiger partial charge is 0.252 e. The minimum absolute atomic E-state index is 0.0629. The number of nitrogens with two attached hydrogens (primary N) is 1. The van der Waals surface area contributed by atoms with Gasteiger partial charge in [0.05, 0.1) is 25.3 Å². The van der Waals surface area contributed by atoms with Crippen LogP contribution in [-0.4, -0.2) is 83.1 Å². The van der Waals surface area contributed by atoms with E-state index in [0.29, 0.717) is 11.3 Å². The van der Waals surface area contributed by atoms with E-state index in [1.165, 1.54) is 7.11 Å². The molecule has 3 amide bonds.